The molecule has 1 aromatic heterocycles. The van der Waals surface area contributed by atoms with Gasteiger partial charge in [0.25, 0.3) is 0 Å². The Morgan fingerprint density at radius 3 is 2.88 bits per heavy atom. The van der Waals surface area contributed by atoms with Crippen LogP contribution in [0.2, 0.25) is 0 Å². The first kappa shape index (κ1) is 11.2. The highest BCUT2D eigenvalue weighted by Crippen LogP contribution is 2.21. The van der Waals surface area contributed by atoms with Crippen LogP contribution in [-0.2, 0) is 0 Å². The normalized spacial score (nSPS) is 11.8. The summed E-state index contributed by atoms with van der Waals surface area (Å²) in [6.45, 7) is 4.06. The number of aromatic nitrogens is 2. The minimum absolute atomic E-state index is 0.130. The van der Waals surface area contributed by atoms with Gasteiger partial charge in [0.05, 0.1) is 23.4 Å². The second kappa shape index (κ2) is 4.71. The van der Waals surface area contributed by atoms with Crippen LogP contribution in [-0.4, -0.2) is 10.2 Å². The molecule has 1 aromatic carbocycles. The first-order valence-corrected chi connectivity index (χ1v) is 5.47. The summed E-state index contributed by atoms with van der Waals surface area (Å²) < 4.78 is 0. The molecule has 1 unspecified atom stereocenters. The van der Waals surface area contributed by atoms with Gasteiger partial charge in [0.2, 0.25) is 0 Å². The number of hydrogen-bond donors (Lipinski definition) is 2. The number of anilines is 1. The Bertz CT molecular complexity index is 537. The molecular weight excluding hydrogens is 212 g/mol. The lowest BCUT2D eigenvalue weighted by atomic mass is 10.1. The van der Waals surface area contributed by atoms with Crippen LogP contribution in [0, 0.1) is 18.3 Å². The van der Waals surface area contributed by atoms with Crippen molar-refractivity contribution in [2.45, 2.75) is 19.9 Å². The molecule has 1 atom stereocenters. The highest BCUT2D eigenvalue weighted by Gasteiger charge is 2.08. The molecule has 0 spiro atoms. The van der Waals surface area contributed by atoms with Crippen LogP contribution in [0.15, 0.2) is 30.5 Å². The molecule has 0 radical (unpaired) electrons. The van der Waals surface area contributed by atoms with E-state index in [1.807, 2.05) is 38.1 Å². The zero-order valence-electron chi connectivity index (χ0n) is 9.86. The fourth-order valence-corrected chi connectivity index (χ4v) is 1.67. The van der Waals surface area contributed by atoms with Crippen LogP contribution in [0.5, 0.6) is 0 Å². The monoisotopic (exact) mass is 226 g/mol. The Kier molecular flexibility index (Phi) is 3.10. The number of benzene rings is 1. The number of rotatable bonds is 3. The number of nitriles is 1. The third-order valence-electron chi connectivity index (χ3n) is 2.73. The molecule has 4 nitrogen and oxygen atoms in total. The third-order valence-corrected chi connectivity index (χ3v) is 2.73. The molecule has 17 heavy (non-hydrogen) atoms. The maximum Gasteiger partial charge on any atom is 0.0992 e. The van der Waals surface area contributed by atoms with Gasteiger partial charge in [-0.2, -0.15) is 10.4 Å². The number of nitrogens with zero attached hydrogens (tertiary/aromatic N) is 2. The van der Waals surface area contributed by atoms with E-state index in [0.717, 1.165) is 16.9 Å². The van der Waals surface area contributed by atoms with E-state index in [-0.39, 0.29) is 6.04 Å². The largest absolute Gasteiger partial charge is 0.377 e. The van der Waals surface area contributed by atoms with Gasteiger partial charge in [0.1, 0.15) is 0 Å². The Morgan fingerprint density at radius 1 is 1.41 bits per heavy atom. The van der Waals surface area contributed by atoms with Crippen molar-refractivity contribution >= 4 is 5.69 Å². The molecule has 0 aliphatic heterocycles. The Balaban J connectivity index is 2.21. The fraction of sp³-hybridized carbons (Fsp3) is 0.231. The molecule has 0 bridgehead atoms. The van der Waals surface area contributed by atoms with E-state index in [4.69, 9.17) is 5.26 Å². The quantitative estimate of drug-likeness (QED) is 0.845. The predicted octanol–water partition coefficient (Wildman–Crippen LogP) is 2.76. The second-order valence-electron chi connectivity index (χ2n) is 4.02. The molecule has 0 aliphatic carbocycles. The van der Waals surface area contributed by atoms with Crippen LogP contribution in [0.3, 0.4) is 0 Å². The van der Waals surface area contributed by atoms with Gasteiger partial charge in [0.15, 0.2) is 0 Å². The molecule has 0 amide bonds. The van der Waals surface area contributed by atoms with Gasteiger partial charge in [-0.15, -0.1) is 0 Å². The van der Waals surface area contributed by atoms with E-state index in [2.05, 4.69) is 21.6 Å². The lowest BCUT2D eigenvalue weighted by Gasteiger charge is -2.15. The van der Waals surface area contributed by atoms with Crippen molar-refractivity contribution in [1.82, 2.24) is 10.2 Å². The number of aromatic amines is 1. The second-order valence-corrected chi connectivity index (χ2v) is 4.02. The van der Waals surface area contributed by atoms with Crippen molar-refractivity contribution in [1.29, 1.82) is 5.26 Å². The molecule has 2 N–H and O–H groups in total. The molecule has 2 rings (SSSR count). The molecule has 0 saturated carbocycles. The lowest BCUT2D eigenvalue weighted by molar-refractivity contribution is 0.824. The Morgan fingerprint density at radius 2 is 2.24 bits per heavy atom. The van der Waals surface area contributed by atoms with E-state index in [0.29, 0.717) is 5.56 Å². The van der Waals surface area contributed by atoms with Crippen molar-refractivity contribution in [2.24, 2.45) is 0 Å². The minimum Gasteiger partial charge on any atom is -0.377 e. The Labute approximate surface area is 100 Å². The van der Waals surface area contributed by atoms with Gasteiger partial charge in [-0.05, 0) is 37.6 Å². The highest BCUT2D eigenvalue weighted by molar-refractivity contribution is 5.56. The summed E-state index contributed by atoms with van der Waals surface area (Å²) in [7, 11) is 0. The van der Waals surface area contributed by atoms with Gasteiger partial charge in [0, 0.05) is 11.9 Å². The minimum atomic E-state index is 0.130. The Hall–Kier alpha value is -2.28. The lowest BCUT2D eigenvalue weighted by Crippen LogP contribution is -2.08. The van der Waals surface area contributed by atoms with Crippen LogP contribution < -0.4 is 5.32 Å². The molecule has 0 aliphatic rings. The number of nitrogens with one attached hydrogen (secondary N) is 2. The highest BCUT2D eigenvalue weighted by atomic mass is 15.1. The van der Waals surface area contributed by atoms with Crippen LogP contribution in [0.4, 0.5) is 5.69 Å². The van der Waals surface area contributed by atoms with Gasteiger partial charge < -0.3 is 5.32 Å². The first-order chi connectivity index (χ1) is 8.20. The molecular formula is C13H14N4. The average molecular weight is 226 g/mol. The summed E-state index contributed by atoms with van der Waals surface area (Å²) in [6.07, 6.45) is 1.73. The zero-order valence-corrected chi connectivity index (χ0v) is 9.86. The zero-order chi connectivity index (χ0) is 12.3. The van der Waals surface area contributed by atoms with Crippen LogP contribution in [0.25, 0.3) is 0 Å². The fourth-order valence-electron chi connectivity index (χ4n) is 1.67. The van der Waals surface area contributed by atoms with E-state index < -0.39 is 0 Å². The van der Waals surface area contributed by atoms with Crippen molar-refractivity contribution in [3.63, 3.8) is 0 Å². The topological polar surface area (TPSA) is 64.5 Å². The van der Waals surface area contributed by atoms with Gasteiger partial charge >= 0.3 is 0 Å². The summed E-state index contributed by atoms with van der Waals surface area (Å²) in [5.74, 6) is 0. The molecule has 0 saturated heterocycles. The summed E-state index contributed by atoms with van der Waals surface area (Å²) in [6, 6.07) is 9.83. The van der Waals surface area contributed by atoms with Crippen molar-refractivity contribution in [2.75, 3.05) is 5.32 Å². The maximum atomic E-state index is 8.88. The number of H-pyrrole nitrogens is 1. The molecule has 1 heterocycles. The molecule has 2 aromatic rings. The average Bonchev–Trinajstić information content (AvgIpc) is 2.85. The van der Waals surface area contributed by atoms with Gasteiger partial charge in [-0.3, -0.25) is 5.10 Å². The molecule has 4 heteroatoms. The van der Waals surface area contributed by atoms with E-state index in [1.165, 1.54) is 0 Å². The van der Waals surface area contributed by atoms with Crippen LogP contribution in [0.1, 0.15) is 29.8 Å². The van der Waals surface area contributed by atoms with Gasteiger partial charge in [-0.25, -0.2) is 0 Å². The summed E-state index contributed by atoms with van der Waals surface area (Å²) in [5, 5.41) is 19.1. The summed E-state index contributed by atoms with van der Waals surface area (Å²) >= 11 is 0. The van der Waals surface area contributed by atoms with Crippen LogP contribution >= 0.6 is 0 Å². The first-order valence-electron chi connectivity index (χ1n) is 5.47. The molecule has 86 valence electrons. The predicted molar refractivity (Wildman–Crippen MR) is 66.5 cm³/mol. The number of aryl methyl sites for hydroxylation is 1. The van der Waals surface area contributed by atoms with Gasteiger partial charge in [-0.1, -0.05) is 6.07 Å². The van der Waals surface area contributed by atoms with Crippen molar-refractivity contribution in [3.05, 3.63) is 47.3 Å². The summed E-state index contributed by atoms with van der Waals surface area (Å²) in [5.41, 5.74) is 3.78. The SMILES string of the molecule is Cc1ccc(C#N)cc1NC(C)c1ccn[nH]1. The van der Waals surface area contributed by atoms with Crippen molar-refractivity contribution < 1.29 is 0 Å². The maximum absolute atomic E-state index is 8.88. The van der Waals surface area contributed by atoms with Crippen molar-refractivity contribution in [3.8, 4) is 6.07 Å². The van der Waals surface area contributed by atoms with E-state index in [1.54, 1.807) is 6.20 Å². The number of hydrogen-bond acceptors (Lipinski definition) is 3. The standard InChI is InChI=1S/C13H14N4/c1-9-3-4-11(8-14)7-13(9)16-10(2)12-5-6-15-17-12/h3-7,10,16H,1-2H3,(H,15,17). The summed E-state index contributed by atoms with van der Waals surface area (Å²) in [4.78, 5) is 0. The van der Waals surface area contributed by atoms with E-state index in [9.17, 15) is 0 Å². The smallest absolute Gasteiger partial charge is 0.0992 e. The van der Waals surface area contributed by atoms with E-state index >= 15 is 0 Å². The molecule has 0 fully saturated rings. The third kappa shape index (κ3) is 2.45.